The van der Waals surface area contributed by atoms with Gasteiger partial charge in [-0.05, 0) is 35.9 Å². The Morgan fingerprint density at radius 2 is 1.65 bits per heavy atom. The summed E-state index contributed by atoms with van der Waals surface area (Å²) >= 11 is 1.31. The van der Waals surface area contributed by atoms with Gasteiger partial charge in [-0.2, -0.15) is 0 Å². The Balaban J connectivity index is 1.72. The van der Waals surface area contributed by atoms with E-state index < -0.39 is 10.0 Å². The molecule has 1 heterocycles. The summed E-state index contributed by atoms with van der Waals surface area (Å²) in [5, 5.41) is 4.97. The molecule has 0 fully saturated rings. The number of rotatable bonds is 7. The van der Waals surface area contributed by atoms with Crippen molar-refractivity contribution in [3.05, 3.63) is 108 Å². The Labute approximate surface area is 184 Å². The van der Waals surface area contributed by atoms with Crippen molar-refractivity contribution in [1.29, 1.82) is 0 Å². The van der Waals surface area contributed by atoms with Crippen molar-refractivity contribution < 1.29 is 13.2 Å². The van der Waals surface area contributed by atoms with Crippen LogP contribution in [0.5, 0.6) is 0 Å². The Hall–Kier alpha value is -3.49. The number of hydrogen-bond acceptors (Lipinski definition) is 5. The number of aromatic nitrogens is 1. The molecule has 3 aromatic carbocycles. The molecule has 4 aromatic rings. The molecule has 0 aliphatic rings. The van der Waals surface area contributed by atoms with Gasteiger partial charge in [-0.1, -0.05) is 54.6 Å². The third-order valence-electron chi connectivity index (χ3n) is 4.55. The highest BCUT2D eigenvalue weighted by atomic mass is 32.2. The van der Waals surface area contributed by atoms with Crippen molar-refractivity contribution in [2.24, 2.45) is 0 Å². The van der Waals surface area contributed by atoms with E-state index in [0.29, 0.717) is 16.4 Å². The summed E-state index contributed by atoms with van der Waals surface area (Å²) in [4.78, 5) is 16.9. The maximum Gasteiger partial charge on any atom is 0.264 e. The Bertz CT molecular complexity index is 1260. The average Bonchev–Trinajstić information content (AvgIpc) is 3.32. The second-order valence-electron chi connectivity index (χ2n) is 6.65. The van der Waals surface area contributed by atoms with Gasteiger partial charge in [0.05, 0.1) is 17.1 Å². The predicted octanol–water partition coefficient (Wildman–Crippen LogP) is 4.79. The van der Waals surface area contributed by atoms with Crippen LogP contribution < -0.4 is 9.62 Å². The van der Waals surface area contributed by atoms with Crippen molar-refractivity contribution in [1.82, 2.24) is 4.98 Å². The molecular formula is C23H19N3O3S2. The highest BCUT2D eigenvalue weighted by molar-refractivity contribution is 7.92. The number of benzene rings is 3. The number of nitrogens with zero attached hydrogens (tertiary/aromatic N) is 2. The number of nitrogens with one attached hydrogen (secondary N) is 1. The van der Waals surface area contributed by atoms with Crippen LogP contribution in [0, 0.1) is 0 Å². The molecule has 0 atom stereocenters. The third-order valence-corrected chi connectivity index (χ3v) is 7.03. The fourth-order valence-corrected chi connectivity index (χ4v) is 5.03. The van der Waals surface area contributed by atoms with Crippen molar-refractivity contribution >= 4 is 38.1 Å². The number of carbonyl (C=O) groups is 1. The molecular weight excluding hydrogens is 430 g/mol. The molecule has 0 unspecified atom stereocenters. The molecule has 0 aliphatic carbocycles. The van der Waals surface area contributed by atoms with Gasteiger partial charge in [-0.3, -0.25) is 14.4 Å². The quantitative estimate of drug-likeness (QED) is 0.440. The molecule has 0 saturated carbocycles. The maximum atomic E-state index is 13.5. The fourth-order valence-electron chi connectivity index (χ4n) is 3.04. The van der Waals surface area contributed by atoms with Gasteiger partial charge in [-0.15, -0.1) is 11.3 Å². The first-order valence-electron chi connectivity index (χ1n) is 9.47. The van der Waals surface area contributed by atoms with Gasteiger partial charge < -0.3 is 0 Å². The van der Waals surface area contributed by atoms with E-state index >= 15 is 0 Å². The summed E-state index contributed by atoms with van der Waals surface area (Å²) in [6.07, 6.45) is 1.60. The zero-order valence-corrected chi connectivity index (χ0v) is 18.0. The lowest BCUT2D eigenvalue weighted by Gasteiger charge is -2.25. The van der Waals surface area contributed by atoms with Crippen LogP contribution in [0.15, 0.2) is 101 Å². The Morgan fingerprint density at radius 1 is 0.935 bits per heavy atom. The zero-order chi connectivity index (χ0) is 21.7. The minimum atomic E-state index is -3.85. The number of sulfonamides is 1. The van der Waals surface area contributed by atoms with E-state index in [0.717, 1.165) is 5.56 Å². The molecule has 0 aliphatic heterocycles. The second-order valence-corrected chi connectivity index (χ2v) is 9.41. The van der Waals surface area contributed by atoms with Gasteiger partial charge in [0, 0.05) is 17.1 Å². The van der Waals surface area contributed by atoms with Crippen molar-refractivity contribution in [3.8, 4) is 0 Å². The van der Waals surface area contributed by atoms with Crippen LogP contribution in [-0.4, -0.2) is 19.3 Å². The molecule has 8 heteroatoms. The fraction of sp³-hybridized carbons (Fsp3) is 0.0435. The number of amides is 1. The average molecular weight is 450 g/mol. The molecule has 4 rings (SSSR count). The first-order valence-corrected chi connectivity index (χ1v) is 11.8. The minimum absolute atomic E-state index is 0.135. The van der Waals surface area contributed by atoms with E-state index in [1.165, 1.54) is 15.6 Å². The zero-order valence-electron chi connectivity index (χ0n) is 16.4. The molecule has 1 aromatic heterocycles. The SMILES string of the molecule is O=C(Nc1nccs1)c1cccc(N(Cc2ccccc2)S(=O)(=O)c2ccccc2)c1. The highest BCUT2D eigenvalue weighted by Crippen LogP contribution is 2.27. The van der Waals surface area contributed by atoms with Gasteiger partial charge in [0.2, 0.25) is 0 Å². The smallest absolute Gasteiger partial charge is 0.264 e. The van der Waals surface area contributed by atoms with Gasteiger partial charge >= 0.3 is 0 Å². The van der Waals surface area contributed by atoms with Crippen LogP contribution in [0.3, 0.4) is 0 Å². The van der Waals surface area contributed by atoms with Crippen LogP contribution in [0.4, 0.5) is 10.8 Å². The van der Waals surface area contributed by atoms with Crippen LogP contribution >= 0.6 is 11.3 Å². The van der Waals surface area contributed by atoms with Gasteiger partial charge in [0.1, 0.15) is 0 Å². The number of anilines is 2. The van der Waals surface area contributed by atoms with E-state index in [4.69, 9.17) is 0 Å². The van der Waals surface area contributed by atoms with Gasteiger partial charge in [0.15, 0.2) is 5.13 Å². The molecule has 0 bridgehead atoms. The molecule has 31 heavy (non-hydrogen) atoms. The van der Waals surface area contributed by atoms with Crippen molar-refractivity contribution in [2.45, 2.75) is 11.4 Å². The van der Waals surface area contributed by atoms with Gasteiger partial charge in [-0.25, -0.2) is 13.4 Å². The molecule has 0 radical (unpaired) electrons. The largest absolute Gasteiger partial charge is 0.298 e. The van der Waals surface area contributed by atoms with Crippen molar-refractivity contribution in [3.63, 3.8) is 0 Å². The molecule has 0 saturated heterocycles. The number of carbonyl (C=O) groups excluding carboxylic acids is 1. The number of thiazole rings is 1. The topological polar surface area (TPSA) is 79.4 Å². The molecule has 1 N–H and O–H groups in total. The summed E-state index contributed by atoms with van der Waals surface area (Å²) < 4.78 is 28.3. The van der Waals surface area contributed by atoms with E-state index in [-0.39, 0.29) is 17.3 Å². The first kappa shape index (κ1) is 20.8. The Morgan fingerprint density at radius 3 is 2.32 bits per heavy atom. The van der Waals surface area contributed by atoms with Crippen LogP contribution in [0.2, 0.25) is 0 Å². The third kappa shape index (κ3) is 4.82. The van der Waals surface area contributed by atoms with E-state index in [1.54, 1.807) is 66.2 Å². The minimum Gasteiger partial charge on any atom is -0.298 e. The van der Waals surface area contributed by atoms with E-state index in [1.807, 2.05) is 30.3 Å². The van der Waals surface area contributed by atoms with Gasteiger partial charge in [0.25, 0.3) is 15.9 Å². The van der Waals surface area contributed by atoms with E-state index in [9.17, 15) is 13.2 Å². The summed E-state index contributed by atoms with van der Waals surface area (Å²) in [7, 11) is -3.85. The number of hydrogen-bond donors (Lipinski definition) is 1. The second kappa shape index (κ2) is 9.11. The summed E-state index contributed by atoms with van der Waals surface area (Å²) in [6.45, 7) is 0.135. The lowest BCUT2D eigenvalue weighted by atomic mass is 10.1. The van der Waals surface area contributed by atoms with Crippen LogP contribution in [0.25, 0.3) is 0 Å². The monoisotopic (exact) mass is 449 g/mol. The standard InChI is InChI=1S/C23H19N3O3S2/c27-22(25-23-24-14-15-30-23)19-10-7-11-20(16-19)26(17-18-8-3-1-4-9-18)31(28,29)21-12-5-2-6-13-21/h1-16H,17H2,(H,24,25,27). The normalized spacial score (nSPS) is 11.1. The first-order chi connectivity index (χ1) is 15.0. The molecule has 156 valence electrons. The summed E-state index contributed by atoms with van der Waals surface area (Å²) in [5.74, 6) is -0.353. The summed E-state index contributed by atoms with van der Waals surface area (Å²) in [5.41, 5.74) is 1.58. The lowest BCUT2D eigenvalue weighted by molar-refractivity contribution is 0.102. The Kier molecular flexibility index (Phi) is 6.11. The van der Waals surface area contributed by atoms with Crippen LogP contribution in [0.1, 0.15) is 15.9 Å². The summed E-state index contributed by atoms with van der Waals surface area (Å²) in [6, 6.07) is 24.2. The molecule has 1 amide bonds. The van der Waals surface area contributed by atoms with Crippen molar-refractivity contribution in [2.75, 3.05) is 9.62 Å². The maximum absolute atomic E-state index is 13.5. The van der Waals surface area contributed by atoms with E-state index in [2.05, 4.69) is 10.3 Å². The van der Waals surface area contributed by atoms with Crippen LogP contribution in [-0.2, 0) is 16.6 Å². The molecule has 6 nitrogen and oxygen atoms in total. The highest BCUT2D eigenvalue weighted by Gasteiger charge is 2.25. The predicted molar refractivity (Wildman–Crippen MR) is 123 cm³/mol. The lowest BCUT2D eigenvalue weighted by Crippen LogP contribution is -2.30. The molecule has 0 spiro atoms.